The second-order valence-corrected chi connectivity index (χ2v) is 8.70. The first kappa shape index (κ1) is 24.2. The minimum Gasteiger partial charge on any atom is -0.477 e. The summed E-state index contributed by atoms with van der Waals surface area (Å²) < 4.78 is 43.0. The number of halogens is 3. The lowest BCUT2D eigenvalue weighted by atomic mass is 9.86. The van der Waals surface area contributed by atoms with Gasteiger partial charge >= 0.3 is 6.68 Å². The van der Waals surface area contributed by atoms with Crippen molar-refractivity contribution in [1.82, 2.24) is 24.7 Å². The molecule has 2 fully saturated rings. The molecule has 1 saturated carbocycles. The number of pyridine rings is 1. The highest BCUT2D eigenvalue weighted by molar-refractivity contribution is 5.82. The van der Waals surface area contributed by atoms with Crippen molar-refractivity contribution in [3.8, 4) is 5.88 Å². The van der Waals surface area contributed by atoms with Crippen LogP contribution in [0, 0.1) is 19.8 Å². The number of hydrogen-bond acceptors (Lipinski definition) is 7. The Bertz CT molecular complexity index is 1120. The molecule has 1 aliphatic heterocycles. The monoisotopic (exact) mass is 478 g/mol. The van der Waals surface area contributed by atoms with E-state index in [9.17, 15) is 13.2 Å². The number of fused-ring (bicyclic) bond motifs is 1. The molecule has 0 spiro atoms. The van der Waals surface area contributed by atoms with Crippen LogP contribution in [0.3, 0.4) is 0 Å². The molecule has 0 N–H and O–H groups in total. The third kappa shape index (κ3) is 5.75. The fourth-order valence-electron chi connectivity index (χ4n) is 3.95. The largest absolute Gasteiger partial charge is 0.477 e. The Morgan fingerprint density at radius 2 is 1.94 bits per heavy atom. The molecule has 8 nitrogen and oxygen atoms in total. The van der Waals surface area contributed by atoms with E-state index in [1.54, 1.807) is 4.68 Å². The summed E-state index contributed by atoms with van der Waals surface area (Å²) in [7, 11) is 1.91. The van der Waals surface area contributed by atoms with Gasteiger partial charge in [-0.3, -0.25) is 4.68 Å². The maximum atomic E-state index is 9.67. The van der Waals surface area contributed by atoms with Gasteiger partial charge < -0.3 is 14.4 Å². The van der Waals surface area contributed by atoms with E-state index < -0.39 is 6.68 Å². The fourth-order valence-corrected chi connectivity index (χ4v) is 3.95. The van der Waals surface area contributed by atoms with E-state index in [0.29, 0.717) is 43.2 Å². The first-order valence-electron chi connectivity index (χ1n) is 11.4. The molecule has 11 heteroatoms. The third-order valence-corrected chi connectivity index (χ3v) is 6.21. The Kier molecular flexibility index (Phi) is 7.50. The number of rotatable bonds is 5. The first-order valence-corrected chi connectivity index (χ1v) is 11.4. The number of ether oxygens (including phenoxy) is 2. The standard InChI is InChI=1S/C22H28N6O2.CHF3/c1-14-9-18-20(24-15(14)2)25-22(26-21(18)30-13-16-5-4-6-16)28-7-8-29-19(12-28)17-10-23-27(3)11-17;2-1(3)4/h9-11,16,19H,4-8,12-13H2,1-3H3;1H/t19-;/m0./s1. The zero-order valence-electron chi connectivity index (χ0n) is 19.5. The predicted octanol–water partition coefficient (Wildman–Crippen LogP) is 4.31. The summed E-state index contributed by atoms with van der Waals surface area (Å²) in [5.74, 6) is 1.93. The molecule has 2 aliphatic rings. The van der Waals surface area contributed by atoms with Crippen molar-refractivity contribution in [3.63, 3.8) is 0 Å². The van der Waals surface area contributed by atoms with Crippen LogP contribution < -0.4 is 9.64 Å². The molecule has 0 unspecified atom stereocenters. The van der Waals surface area contributed by atoms with Crippen molar-refractivity contribution in [1.29, 1.82) is 0 Å². The highest BCUT2D eigenvalue weighted by Gasteiger charge is 2.26. The number of anilines is 1. The van der Waals surface area contributed by atoms with Crippen LogP contribution in [0.2, 0.25) is 0 Å². The molecule has 0 amide bonds. The molecule has 34 heavy (non-hydrogen) atoms. The van der Waals surface area contributed by atoms with Crippen LogP contribution in [-0.4, -0.2) is 57.7 Å². The zero-order valence-corrected chi connectivity index (χ0v) is 19.5. The fraction of sp³-hybridized carbons (Fsp3) is 0.565. The smallest absolute Gasteiger partial charge is 0.379 e. The van der Waals surface area contributed by atoms with Gasteiger partial charge in [0, 0.05) is 31.0 Å². The number of hydrogen-bond donors (Lipinski definition) is 0. The highest BCUT2D eigenvalue weighted by atomic mass is 19.4. The van der Waals surface area contributed by atoms with Crippen molar-refractivity contribution in [2.75, 3.05) is 31.2 Å². The summed E-state index contributed by atoms with van der Waals surface area (Å²) in [4.78, 5) is 16.5. The van der Waals surface area contributed by atoms with Gasteiger partial charge in [0.1, 0.15) is 6.10 Å². The number of aryl methyl sites for hydroxylation is 3. The lowest BCUT2D eigenvalue weighted by Gasteiger charge is -2.33. The Morgan fingerprint density at radius 3 is 2.59 bits per heavy atom. The third-order valence-electron chi connectivity index (χ3n) is 6.21. The predicted molar refractivity (Wildman–Crippen MR) is 121 cm³/mol. The van der Waals surface area contributed by atoms with Crippen LogP contribution in [0.5, 0.6) is 5.88 Å². The zero-order chi connectivity index (χ0) is 24.2. The molecule has 1 saturated heterocycles. The van der Waals surface area contributed by atoms with Gasteiger partial charge in [0.25, 0.3) is 0 Å². The van der Waals surface area contributed by atoms with Crippen molar-refractivity contribution in [3.05, 3.63) is 35.3 Å². The van der Waals surface area contributed by atoms with Crippen LogP contribution in [0.25, 0.3) is 11.0 Å². The van der Waals surface area contributed by atoms with Gasteiger partial charge in [0.15, 0.2) is 5.65 Å². The van der Waals surface area contributed by atoms with Gasteiger partial charge in [0.2, 0.25) is 11.8 Å². The van der Waals surface area contributed by atoms with Gasteiger partial charge in [0.05, 0.1) is 31.3 Å². The number of aromatic nitrogens is 5. The summed E-state index contributed by atoms with van der Waals surface area (Å²) in [5.41, 5.74) is 3.85. The van der Waals surface area contributed by atoms with E-state index in [2.05, 4.69) is 23.0 Å². The maximum absolute atomic E-state index is 9.67. The number of nitrogens with zero attached hydrogens (tertiary/aromatic N) is 6. The Labute approximate surface area is 196 Å². The normalized spacial score (nSPS) is 18.6. The van der Waals surface area contributed by atoms with Crippen molar-refractivity contribution in [2.24, 2.45) is 13.0 Å². The molecule has 3 aromatic rings. The summed E-state index contributed by atoms with van der Waals surface area (Å²) in [6, 6.07) is 2.09. The summed E-state index contributed by atoms with van der Waals surface area (Å²) in [5, 5.41) is 5.16. The van der Waals surface area contributed by atoms with Gasteiger partial charge in [-0.25, -0.2) is 4.98 Å². The second-order valence-electron chi connectivity index (χ2n) is 8.70. The average molecular weight is 479 g/mol. The number of morpholine rings is 1. The van der Waals surface area contributed by atoms with E-state index in [0.717, 1.165) is 28.8 Å². The van der Waals surface area contributed by atoms with Crippen LogP contribution >= 0.6 is 0 Å². The van der Waals surface area contributed by atoms with E-state index in [1.807, 2.05) is 26.4 Å². The van der Waals surface area contributed by atoms with Crippen LogP contribution in [0.15, 0.2) is 18.5 Å². The lowest BCUT2D eigenvalue weighted by molar-refractivity contribution is 0.00819. The molecule has 1 aliphatic carbocycles. The minimum atomic E-state index is -3.67. The van der Waals surface area contributed by atoms with Gasteiger partial charge in [-0.15, -0.1) is 0 Å². The van der Waals surface area contributed by atoms with Gasteiger partial charge in [-0.2, -0.15) is 28.2 Å². The highest BCUT2D eigenvalue weighted by Crippen LogP contribution is 2.31. The second kappa shape index (κ2) is 10.5. The quantitative estimate of drug-likeness (QED) is 0.541. The van der Waals surface area contributed by atoms with Crippen LogP contribution in [0.1, 0.15) is 42.2 Å². The van der Waals surface area contributed by atoms with Crippen molar-refractivity contribution in [2.45, 2.75) is 45.9 Å². The van der Waals surface area contributed by atoms with E-state index >= 15 is 0 Å². The lowest BCUT2D eigenvalue weighted by Crippen LogP contribution is -2.39. The van der Waals surface area contributed by atoms with Crippen LogP contribution in [-0.2, 0) is 11.8 Å². The summed E-state index contributed by atoms with van der Waals surface area (Å²) in [6.07, 6.45) is 7.57. The van der Waals surface area contributed by atoms with E-state index in [1.165, 1.54) is 19.3 Å². The topological polar surface area (TPSA) is 78.2 Å². The number of alkyl halides is 3. The summed E-state index contributed by atoms with van der Waals surface area (Å²) in [6.45, 7) is 3.13. The van der Waals surface area contributed by atoms with E-state index in [4.69, 9.17) is 24.4 Å². The molecule has 0 bridgehead atoms. The van der Waals surface area contributed by atoms with Crippen molar-refractivity contribution < 1.29 is 22.6 Å². The Balaban J connectivity index is 0.000000636. The van der Waals surface area contributed by atoms with Gasteiger partial charge in [-0.05, 0) is 44.2 Å². The average Bonchev–Trinajstić information content (AvgIpc) is 3.20. The van der Waals surface area contributed by atoms with Crippen LogP contribution in [0.4, 0.5) is 19.1 Å². The molecule has 3 aromatic heterocycles. The molecule has 4 heterocycles. The first-order chi connectivity index (χ1) is 16.3. The molecule has 1 atom stereocenters. The molecule has 5 rings (SSSR count). The SMILES string of the molecule is Cc1cc2c(OCC3CCC3)nc(N3CCO[C@H](c4cnn(C)c4)C3)nc2nc1C.FC(F)F. The van der Waals surface area contributed by atoms with Gasteiger partial charge in [-0.1, -0.05) is 6.42 Å². The Morgan fingerprint density at radius 1 is 1.18 bits per heavy atom. The molecular formula is C23H29F3N6O2. The molecule has 184 valence electrons. The molecule has 0 aromatic carbocycles. The Hall–Kier alpha value is -2.95. The maximum Gasteiger partial charge on any atom is 0.379 e. The molecular weight excluding hydrogens is 449 g/mol. The summed E-state index contributed by atoms with van der Waals surface area (Å²) >= 11 is 0. The minimum absolute atomic E-state index is 0.0567. The van der Waals surface area contributed by atoms with E-state index in [-0.39, 0.29) is 6.10 Å². The van der Waals surface area contributed by atoms with Crippen molar-refractivity contribution >= 4 is 17.0 Å². The molecule has 0 radical (unpaired) electrons.